The molecule has 0 unspecified atom stereocenters. The van der Waals surface area contributed by atoms with Gasteiger partial charge in [-0.05, 0) is 57.2 Å². The van der Waals surface area contributed by atoms with Crippen LogP contribution in [0.15, 0.2) is 54.7 Å². The Bertz CT molecular complexity index is 1120. The van der Waals surface area contributed by atoms with Gasteiger partial charge in [0.1, 0.15) is 0 Å². The van der Waals surface area contributed by atoms with Crippen molar-refractivity contribution in [2.24, 2.45) is 0 Å². The molecule has 0 atom stereocenters. The van der Waals surface area contributed by atoms with Crippen LogP contribution in [0.5, 0.6) is 0 Å². The monoisotopic (exact) mass is 373 g/mol. The summed E-state index contributed by atoms with van der Waals surface area (Å²) >= 11 is 0. The molecule has 1 amide bonds. The summed E-state index contributed by atoms with van der Waals surface area (Å²) < 4.78 is 3.38. The van der Waals surface area contributed by atoms with Crippen molar-refractivity contribution in [3.05, 3.63) is 77.4 Å². The standard InChI is InChI=1S/C20H19N7O/c1-13-4-8-18(9-5-13)27-15(3)19(23-25-27)20(28)22-16-6-10-17(11-7-16)26-14(2)12-21-24-26/h4-12H,1-3H3,(H,22,28). The lowest BCUT2D eigenvalue weighted by atomic mass is 10.2. The van der Waals surface area contributed by atoms with E-state index < -0.39 is 0 Å². The highest BCUT2D eigenvalue weighted by Crippen LogP contribution is 2.17. The Morgan fingerprint density at radius 3 is 2.14 bits per heavy atom. The number of benzene rings is 2. The number of nitrogens with zero attached hydrogens (tertiary/aromatic N) is 6. The van der Waals surface area contributed by atoms with Gasteiger partial charge in [-0.1, -0.05) is 28.1 Å². The largest absolute Gasteiger partial charge is 0.321 e. The molecule has 0 saturated heterocycles. The molecule has 28 heavy (non-hydrogen) atoms. The Hall–Kier alpha value is -3.81. The molecule has 4 rings (SSSR count). The first-order chi connectivity index (χ1) is 13.5. The van der Waals surface area contributed by atoms with Crippen LogP contribution in [0, 0.1) is 20.8 Å². The van der Waals surface area contributed by atoms with Gasteiger partial charge in [0, 0.05) is 5.69 Å². The quantitative estimate of drug-likeness (QED) is 0.594. The van der Waals surface area contributed by atoms with Gasteiger partial charge in [0.25, 0.3) is 5.91 Å². The number of hydrogen-bond donors (Lipinski definition) is 1. The van der Waals surface area contributed by atoms with Gasteiger partial charge in [0.2, 0.25) is 0 Å². The average molecular weight is 373 g/mol. The fraction of sp³-hybridized carbons (Fsp3) is 0.150. The molecular weight excluding hydrogens is 354 g/mol. The fourth-order valence-electron chi connectivity index (χ4n) is 2.89. The van der Waals surface area contributed by atoms with Gasteiger partial charge in [-0.3, -0.25) is 4.79 Å². The molecule has 1 N–H and O–H groups in total. The summed E-state index contributed by atoms with van der Waals surface area (Å²) in [6.07, 6.45) is 1.69. The van der Waals surface area contributed by atoms with Gasteiger partial charge in [0.15, 0.2) is 5.69 Å². The highest BCUT2D eigenvalue weighted by Gasteiger charge is 2.17. The van der Waals surface area contributed by atoms with E-state index in [4.69, 9.17) is 0 Å². The van der Waals surface area contributed by atoms with Crippen LogP contribution in [0.1, 0.15) is 27.4 Å². The van der Waals surface area contributed by atoms with E-state index in [9.17, 15) is 4.79 Å². The number of amides is 1. The number of carbonyl (C=O) groups excluding carboxylic acids is 1. The molecular formula is C20H19N7O. The molecule has 0 spiro atoms. The second-order valence-corrected chi connectivity index (χ2v) is 6.56. The summed E-state index contributed by atoms with van der Waals surface area (Å²) in [6.45, 7) is 5.77. The minimum atomic E-state index is -0.305. The van der Waals surface area contributed by atoms with Crippen molar-refractivity contribution in [1.82, 2.24) is 30.0 Å². The zero-order valence-corrected chi connectivity index (χ0v) is 15.8. The van der Waals surface area contributed by atoms with Crippen LogP contribution in [-0.2, 0) is 0 Å². The molecule has 0 aliphatic carbocycles. The highest BCUT2D eigenvalue weighted by atomic mass is 16.2. The second-order valence-electron chi connectivity index (χ2n) is 6.56. The van der Waals surface area contributed by atoms with E-state index >= 15 is 0 Å². The molecule has 0 radical (unpaired) electrons. The molecule has 0 fully saturated rings. The van der Waals surface area contributed by atoms with Crippen LogP contribution in [0.3, 0.4) is 0 Å². The minimum absolute atomic E-state index is 0.289. The fourth-order valence-corrected chi connectivity index (χ4v) is 2.89. The lowest BCUT2D eigenvalue weighted by molar-refractivity contribution is 0.102. The van der Waals surface area contributed by atoms with E-state index in [2.05, 4.69) is 25.9 Å². The Morgan fingerprint density at radius 2 is 1.50 bits per heavy atom. The second kappa shape index (κ2) is 7.07. The molecule has 0 saturated carbocycles. The maximum absolute atomic E-state index is 12.6. The molecule has 4 aromatic rings. The van der Waals surface area contributed by atoms with Gasteiger partial charge < -0.3 is 5.32 Å². The summed E-state index contributed by atoms with van der Waals surface area (Å²) in [5, 5.41) is 18.9. The van der Waals surface area contributed by atoms with Gasteiger partial charge in [-0.2, -0.15) is 0 Å². The minimum Gasteiger partial charge on any atom is -0.321 e. The van der Waals surface area contributed by atoms with Crippen molar-refractivity contribution >= 4 is 11.6 Å². The van der Waals surface area contributed by atoms with Crippen LogP contribution < -0.4 is 5.32 Å². The normalized spacial score (nSPS) is 10.8. The van der Waals surface area contributed by atoms with E-state index in [1.54, 1.807) is 15.6 Å². The molecule has 140 valence electrons. The van der Waals surface area contributed by atoms with Crippen molar-refractivity contribution in [1.29, 1.82) is 0 Å². The Labute approximate surface area is 161 Å². The highest BCUT2D eigenvalue weighted by molar-refractivity contribution is 6.03. The van der Waals surface area contributed by atoms with Crippen molar-refractivity contribution in [2.45, 2.75) is 20.8 Å². The number of anilines is 1. The van der Waals surface area contributed by atoms with Crippen molar-refractivity contribution in [3.8, 4) is 11.4 Å². The summed E-state index contributed by atoms with van der Waals surface area (Å²) in [4.78, 5) is 12.6. The molecule has 0 bridgehead atoms. The third kappa shape index (κ3) is 3.27. The van der Waals surface area contributed by atoms with Crippen LogP contribution >= 0.6 is 0 Å². The van der Waals surface area contributed by atoms with Gasteiger partial charge in [-0.15, -0.1) is 10.2 Å². The Kier molecular flexibility index (Phi) is 4.44. The summed E-state index contributed by atoms with van der Waals surface area (Å²) in [7, 11) is 0. The van der Waals surface area contributed by atoms with Crippen molar-refractivity contribution < 1.29 is 4.79 Å². The summed E-state index contributed by atoms with van der Waals surface area (Å²) in [5.41, 5.74) is 5.45. The van der Waals surface area contributed by atoms with E-state index in [0.717, 1.165) is 22.6 Å². The topological polar surface area (TPSA) is 90.5 Å². The molecule has 0 aliphatic heterocycles. The SMILES string of the molecule is Cc1ccc(-n2nnc(C(=O)Nc3ccc(-n4nncc4C)cc3)c2C)cc1. The predicted molar refractivity (Wildman–Crippen MR) is 105 cm³/mol. The number of hydrogen-bond acceptors (Lipinski definition) is 5. The first-order valence-corrected chi connectivity index (χ1v) is 8.81. The molecule has 2 aromatic carbocycles. The number of aryl methyl sites for hydroxylation is 2. The van der Waals surface area contributed by atoms with E-state index in [-0.39, 0.29) is 11.6 Å². The van der Waals surface area contributed by atoms with Crippen LogP contribution in [0.4, 0.5) is 5.69 Å². The maximum Gasteiger partial charge on any atom is 0.278 e. The Balaban J connectivity index is 1.53. The average Bonchev–Trinajstić information content (AvgIpc) is 3.29. The number of aromatic nitrogens is 6. The predicted octanol–water partition coefficient (Wildman–Crippen LogP) is 3.03. The maximum atomic E-state index is 12.6. The van der Waals surface area contributed by atoms with Gasteiger partial charge in [-0.25, -0.2) is 9.36 Å². The van der Waals surface area contributed by atoms with Crippen molar-refractivity contribution in [2.75, 3.05) is 5.32 Å². The van der Waals surface area contributed by atoms with E-state index in [1.807, 2.05) is 69.3 Å². The van der Waals surface area contributed by atoms with Gasteiger partial charge in [0.05, 0.1) is 29.0 Å². The zero-order valence-electron chi connectivity index (χ0n) is 15.8. The number of nitrogens with one attached hydrogen (secondary N) is 1. The molecule has 2 heterocycles. The third-order valence-electron chi connectivity index (χ3n) is 4.48. The van der Waals surface area contributed by atoms with Crippen LogP contribution in [0.2, 0.25) is 0 Å². The lowest BCUT2D eigenvalue weighted by Gasteiger charge is -2.07. The Morgan fingerprint density at radius 1 is 0.857 bits per heavy atom. The molecule has 0 aliphatic rings. The van der Waals surface area contributed by atoms with E-state index in [0.29, 0.717) is 11.4 Å². The zero-order chi connectivity index (χ0) is 19.7. The van der Waals surface area contributed by atoms with Crippen LogP contribution in [0.25, 0.3) is 11.4 Å². The molecule has 8 nitrogen and oxygen atoms in total. The third-order valence-corrected chi connectivity index (χ3v) is 4.48. The number of rotatable bonds is 4. The van der Waals surface area contributed by atoms with Gasteiger partial charge >= 0.3 is 0 Å². The van der Waals surface area contributed by atoms with Crippen molar-refractivity contribution in [3.63, 3.8) is 0 Å². The molecule has 8 heteroatoms. The van der Waals surface area contributed by atoms with E-state index in [1.165, 1.54) is 0 Å². The molecule has 2 aromatic heterocycles. The van der Waals surface area contributed by atoms with Crippen LogP contribution in [-0.4, -0.2) is 35.9 Å². The lowest BCUT2D eigenvalue weighted by Crippen LogP contribution is -2.14. The first-order valence-electron chi connectivity index (χ1n) is 8.81. The smallest absolute Gasteiger partial charge is 0.278 e. The number of carbonyl (C=O) groups is 1. The summed E-state index contributed by atoms with van der Waals surface area (Å²) in [6, 6.07) is 15.2. The first kappa shape index (κ1) is 17.6. The summed E-state index contributed by atoms with van der Waals surface area (Å²) in [5.74, 6) is -0.305.